The lowest BCUT2D eigenvalue weighted by Crippen LogP contribution is -2.11. The maximum atomic E-state index is 11.6. The van der Waals surface area contributed by atoms with Crippen LogP contribution in [0.2, 0.25) is 5.02 Å². The van der Waals surface area contributed by atoms with Gasteiger partial charge in [-0.1, -0.05) is 35.9 Å². The first kappa shape index (κ1) is 21.2. The molecule has 0 aliphatic carbocycles. The number of anilines is 1. The first-order chi connectivity index (χ1) is 13.8. The average Bonchev–Trinajstić information content (AvgIpc) is 3.03. The Balaban J connectivity index is 1.85. The van der Waals surface area contributed by atoms with Crippen molar-refractivity contribution < 1.29 is 24.5 Å². The van der Waals surface area contributed by atoms with Gasteiger partial charge in [0.05, 0.1) is 9.35 Å². The van der Waals surface area contributed by atoms with E-state index in [1.807, 2.05) is 48.5 Å². The van der Waals surface area contributed by atoms with Crippen LogP contribution in [0.5, 0.6) is 5.75 Å². The van der Waals surface area contributed by atoms with Crippen LogP contribution in [0.3, 0.4) is 0 Å². The van der Waals surface area contributed by atoms with Crippen molar-refractivity contribution in [1.29, 1.82) is 0 Å². The van der Waals surface area contributed by atoms with Gasteiger partial charge in [0.2, 0.25) is 0 Å². The van der Waals surface area contributed by atoms with E-state index >= 15 is 0 Å². The van der Waals surface area contributed by atoms with Crippen molar-refractivity contribution in [3.63, 3.8) is 0 Å². The number of hydrogen-bond donors (Lipinski definition) is 3. The molecular formula is C20H15BrClNO5S. The third-order valence-electron chi connectivity index (χ3n) is 3.88. The second-order valence-electron chi connectivity index (χ2n) is 5.95. The highest BCUT2D eigenvalue weighted by atomic mass is 79.9. The molecule has 0 bridgehead atoms. The Hall–Kier alpha value is -2.55. The van der Waals surface area contributed by atoms with Crippen molar-refractivity contribution >= 4 is 56.5 Å². The number of ether oxygens (including phenoxy) is 1. The molecule has 3 rings (SSSR count). The van der Waals surface area contributed by atoms with E-state index < -0.39 is 18.5 Å². The molecular weight excluding hydrogens is 482 g/mol. The molecule has 2 aromatic carbocycles. The quantitative estimate of drug-likeness (QED) is 0.375. The van der Waals surface area contributed by atoms with Gasteiger partial charge in [0.15, 0.2) is 17.2 Å². The van der Waals surface area contributed by atoms with Gasteiger partial charge in [-0.15, -0.1) is 11.3 Å². The fourth-order valence-corrected chi connectivity index (χ4v) is 4.58. The summed E-state index contributed by atoms with van der Waals surface area (Å²) in [7, 11) is 0. The second kappa shape index (κ2) is 9.30. The van der Waals surface area contributed by atoms with Gasteiger partial charge < -0.3 is 20.3 Å². The summed E-state index contributed by atoms with van der Waals surface area (Å²) in [6, 6.07) is 15.0. The van der Waals surface area contributed by atoms with Crippen LogP contribution in [0.4, 0.5) is 5.69 Å². The van der Waals surface area contributed by atoms with Crippen molar-refractivity contribution in [1.82, 2.24) is 0 Å². The number of halogens is 2. The minimum Gasteiger partial charge on any atom is -0.479 e. The van der Waals surface area contributed by atoms with E-state index in [1.54, 1.807) is 0 Å². The van der Waals surface area contributed by atoms with Crippen molar-refractivity contribution in [3.05, 3.63) is 68.5 Å². The zero-order valence-electron chi connectivity index (χ0n) is 14.8. The smallest absolute Gasteiger partial charge is 0.349 e. The summed E-state index contributed by atoms with van der Waals surface area (Å²) >= 11 is 10.3. The predicted octanol–water partition coefficient (Wildman–Crippen LogP) is 5.60. The van der Waals surface area contributed by atoms with Gasteiger partial charge in [-0.25, -0.2) is 9.59 Å². The van der Waals surface area contributed by atoms with E-state index in [1.165, 1.54) is 0 Å². The molecule has 0 atom stereocenters. The summed E-state index contributed by atoms with van der Waals surface area (Å²) in [6.45, 7) is -0.0304. The lowest BCUT2D eigenvalue weighted by atomic mass is 10.1. The molecule has 1 heterocycles. The first-order valence-electron chi connectivity index (χ1n) is 8.34. The first-order valence-corrected chi connectivity index (χ1v) is 10.3. The Morgan fingerprint density at radius 1 is 1.14 bits per heavy atom. The summed E-state index contributed by atoms with van der Waals surface area (Å²) in [4.78, 5) is 22.9. The van der Waals surface area contributed by atoms with Gasteiger partial charge >= 0.3 is 11.9 Å². The van der Waals surface area contributed by atoms with Crippen LogP contribution in [-0.2, 0) is 11.3 Å². The van der Waals surface area contributed by atoms with Gasteiger partial charge in [0, 0.05) is 17.3 Å². The van der Waals surface area contributed by atoms with E-state index in [0.29, 0.717) is 20.9 Å². The van der Waals surface area contributed by atoms with E-state index in [2.05, 4.69) is 21.2 Å². The minimum atomic E-state index is -1.19. The number of thiophene rings is 1. The van der Waals surface area contributed by atoms with Crippen LogP contribution < -0.4 is 10.1 Å². The summed E-state index contributed by atoms with van der Waals surface area (Å²) < 4.78 is 5.61. The van der Waals surface area contributed by atoms with Crippen molar-refractivity contribution in [3.8, 4) is 16.2 Å². The summed E-state index contributed by atoms with van der Waals surface area (Å²) in [5, 5.41) is 22.3. The van der Waals surface area contributed by atoms with Crippen LogP contribution in [0.15, 0.2) is 53.0 Å². The second-order valence-corrected chi connectivity index (χ2v) is 8.20. The van der Waals surface area contributed by atoms with E-state index in [9.17, 15) is 14.7 Å². The highest BCUT2D eigenvalue weighted by Crippen LogP contribution is 2.46. The van der Waals surface area contributed by atoms with Crippen molar-refractivity contribution in [2.75, 3.05) is 11.9 Å². The maximum Gasteiger partial charge on any atom is 0.349 e. The molecule has 0 unspecified atom stereocenters. The Labute approximate surface area is 183 Å². The van der Waals surface area contributed by atoms with E-state index in [-0.39, 0.29) is 10.6 Å². The van der Waals surface area contributed by atoms with Gasteiger partial charge in [0.1, 0.15) is 0 Å². The minimum absolute atomic E-state index is 0.0134. The van der Waals surface area contributed by atoms with Crippen LogP contribution in [0.1, 0.15) is 15.2 Å². The number of aromatic carboxylic acids is 1. The van der Waals surface area contributed by atoms with E-state index in [4.69, 9.17) is 21.4 Å². The number of carboxylic acids is 2. The molecule has 1 aromatic heterocycles. The predicted molar refractivity (Wildman–Crippen MR) is 116 cm³/mol. The number of carbonyl (C=O) groups is 2. The topological polar surface area (TPSA) is 95.9 Å². The Bertz CT molecular complexity index is 1050. The van der Waals surface area contributed by atoms with Crippen LogP contribution >= 0.6 is 38.9 Å². The standard InChI is InChI=1S/C20H15BrClNO5S/c21-16-17(28-10-15(24)25)19(20(26)27)29-18(16)12-2-1-3-14(8-12)23-9-11-4-6-13(22)7-5-11/h1-8,23H,9-10H2,(H,24,25)(H,26,27). The molecule has 0 fully saturated rings. The SMILES string of the molecule is O=C(O)COc1c(C(=O)O)sc(-c2cccc(NCc3ccc(Cl)cc3)c2)c1Br. The lowest BCUT2D eigenvalue weighted by molar-refractivity contribution is -0.139. The third-order valence-corrected chi connectivity index (χ3v) is 6.36. The van der Waals surface area contributed by atoms with Gasteiger partial charge in [0.25, 0.3) is 0 Å². The molecule has 6 nitrogen and oxygen atoms in total. The zero-order chi connectivity index (χ0) is 21.0. The Kier molecular flexibility index (Phi) is 6.79. The Morgan fingerprint density at radius 2 is 1.86 bits per heavy atom. The van der Waals surface area contributed by atoms with Gasteiger partial charge in [-0.2, -0.15) is 0 Å². The monoisotopic (exact) mass is 495 g/mol. The molecule has 0 saturated carbocycles. The molecule has 29 heavy (non-hydrogen) atoms. The average molecular weight is 497 g/mol. The number of nitrogens with one attached hydrogen (secondary N) is 1. The van der Waals surface area contributed by atoms with Crippen molar-refractivity contribution in [2.45, 2.75) is 6.54 Å². The number of carboxylic acid groups (broad SMARTS) is 2. The van der Waals surface area contributed by atoms with Crippen molar-refractivity contribution in [2.24, 2.45) is 0 Å². The number of benzene rings is 2. The molecule has 0 saturated heterocycles. The molecule has 0 aliphatic heterocycles. The van der Waals surface area contributed by atoms with E-state index in [0.717, 1.165) is 28.2 Å². The molecule has 0 amide bonds. The van der Waals surface area contributed by atoms with Crippen LogP contribution in [-0.4, -0.2) is 28.8 Å². The summed E-state index contributed by atoms with van der Waals surface area (Å²) in [5.74, 6) is -2.35. The largest absolute Gasteiger partial charge is 0.479 e. The molecule has 0 spiro atoms. The fraction of sp³-hybridized carbons (Fsp3) is 0.100. The fourth-order valence-electron chi connectivity index (χ4n) is 2.56. The number of rotatable bonds is 8. The summed E-state index contributed by atoms with van der Waals surface area (Å²) in [6.07, 6.45) is 0. The van der Waals surface area contributed by atoms with Crippen LogP contribution in [0, 0.1) is 0 Å². The normalized spacial score (nSPS) is 10.6. The molecule has 150 valence electrons. The highest BCUT2D eigenvalue weighted by Gasteiger charge is 2.24. The zero-order valence-corrected chi connectivity index (χ0v) is 18.0. The summed E-state index contributed by atoms with van der Waals surface area (Å²) in [5.41, 5.74) is 2.69. The van der Waals surface area contributed by atoms with Gasteiger partial charge in [-0.05, 0) is 51.3 Å². The maximum absolute atomic E-state index is 11.6. The molecule has 3 N–H and O–H groups in total. The molecule has 3 aromatic rings. The molecule has 9 heteroatoms. The Morgan fingerprint density at radius 3 is 2.52 bits per heavy atom. The van der Waals surface area contributed by atoms with Crippen LogP contribution in [0.25, 0.3) is 10.4 Å². The highest BCUT2D eigenvalue weighted by molar-refractivity contribution is 9.10. The number of aliphatic carboxylic acids is 1. The molecule has 0 aliphatic rings. The molecule has 0 radical (unpaired) electrons. The number of hydrogen-bond acceptors (Lipinski definition) is 5. The third kappa shape index (κ3) is 5.29. The van der Waals surface area contributed by atoms with Gasteiger partial charge in [-0.3, -0.25) is 0 Å². The lowest BCUT2D eigenvalue weighted by Gasteiger charge is -2.09.